The zero-order valence-electron chi connectivity index (χ0n) is 20.8. The fourth-order valence-corrected chi connectivity index (χ4v) is 6.77. The minimum Gasteiger partial charge on any atom is -0.496 e. The van der Waals surface area contributed by atoms with Gasteiger partial charge in [-0.05, 0) is 62.1 Å². The van der Waals surface area contributed by atoms with Gasteiger partial charge < -0.3 is 14.4 Å². The van der Waals surface area contributed by atoms with Crippen molar-refractivity contribution in [1.82, 2.24) is 9.80 Å². The van der Waals surface area contributed by atoms with Crippen LogP contribution < -0.4 is 9.47 Å². The van der Waals surface area contributed by atoms with Gasteiger partial charge in [-0.3, -0.25) is 9.69 Å². The summed E-state index contributed by atoms with van der Waals surface area (Å²) in [5, 5.41) is 0. The van der Waals surface area contributed by atoms with Gasteiger partial charge >= 0.3 is 0 Å². The summed E-state index contributed by atoms with van der Waals surface area (Å²) in [6, 6.07) is 16.3. The van der Waals surface area contributed by atoms with Crippen molar-refractivity contribution < 1.29 is 14.3 Å². The molecule has 3 aliphatic rings. The van der Waals surface area contributed by atoms with Gasteiger partial charge in [-0.1, -0.05) is 37.3 Å². The normalized spacial score (nSPS) is 24.1. The number of fused-ring (bicyclic) bond motifs is 3. The third-order valence-electron chi connectivity index (χ3n) is 8.37. The molecule has 0 radical (unpaired) electrons. The van der Waals surface area contributed by atoms with Crippen molar-refractivity contribution >= 4 is 5.91 Å². The molecule has 2 aromatic carbocycles. The minimum atomic E-state index is 0.188. The molecule has 2 fully saturated rings. The molecular formula is C29H38N2O3. The molecule has 0 saturated carbocycles. The summed E-state index contributed by atoms with van der Waals surface area (Å²) in [5.41, 5.74) is 3.82. The lowest BCUT2D eigenvalue weighted by Gasteiger charge is -2.41. The van der Waals surface area contributed by atoms with E-state index in [0.717, 1.165) is 37.4 Å². The van der Waals surface area contributed by atoms with E-state index in [0.29, 0.717) is 24.4 Å². The smallest absolute Gasteiger partial charge is 0.222 e. The summed E-state index contributed by atoms with van der Waals surface area (Å²) in [5.74, 6) is 2.67. The van der Waals surface area contributed by atoms with E-state index in [1.54, 1.807) is 14.2 Å². The Labute approximate surface area is 204 Å². The molecule has 2 atom stereocenters. The van der Waals surface area contributed by atoms with Gasteiger partial charge in [0.15, 0.2) is 0 Å². The molecule has 1 aliphatic carbocycles. The number of hydrogen-bond acceptors (Lipinski definition) is 4. The SMILES string of the molecule is CCC(=O)N(CC1CC2CCC(C1)N2Cc1ccccc1)C1Cc2c(OC)ccc(OC)c2C1. The molecule has 0 N–H and O–H groups in total. The highest BCUT2D eigenvalue weighted by atomic mass is 16.5. The van der Waals surface area contributed by atoms with E-state index in [1.165, 1.54) is 42.4 Å². The van der Waals surface area contributed by atoms with Crippen molar-refractivity contribution in [1.29, 1.82) is 0 Å². The first-order valence-corrected chi connectivity index (χ1v) is 12.9. The van der Waals surface area contributed by atoms with Crippen molar-refractivity contribution in [2.75, 3.05) is 20.8 Å². The van der Waals surface area contributed by atoms with Crippen LogP contribution in [-0.2, 0) is 24.2 Å². The zero-order valence-corrected chi connectivity index (χ0v) is 20.8. The van der Waals surface area contributed by atoms with Crippen molar-refractivity contribution in [3.63, 3.8) is 0 Å². The lowest BCUT2D eigenvalue weighted by atomic mass is 9.89. The molecule has 2 bridgehead atoms. The predicted molar refractivity (Wildman–Crippen MR) is 134 cm³/mol. The second kappa shape index (κ2) is 9.99. The number of nitrogens with zero attached hydrogens (tertiary/aromatic N) is 2. The van der Waals surface area contributed by atoms with Crippen molar-refractivity contribution in [3.8, 4) is 11.5 Å². The standard InChI is InChI=1S/C29H38N2O3/c1-4-29(32)31(24-16-25-26(17-24)28(34-3)13-12-27(25)33-2)19-21-14-22-10-11-23(15-21)30(22)18-20-8-6-5-7-9-20/h5-9,12-13,21-24H,4,10-11,14-19H2,1-3H3. The molecular weight excluding hydrogens is 424 g/mol. The first-order valence-electron chi connectivity index (χ1n) is 12.9. The summed E-state index contributed by atoms with van der Waals surface area (Å²) in [4.78, 5) is 18.1. The predicted octanol–water partition coefficient (Wildman–Crippen LogP) is 4.85. The van der Waals surface area contributed by atoms with Crippen LogP contribution in [0.15, 0.2) is 42.5 Å². The van der Waals surface area contributed by atoms with Gasteiger partial charge in [-0.15, -0.1) is 0 Å². The van der Waals surface area contributed by atoms with Crippen LogP contribution in [0.2, 0.25) is 0 Å². The summed E-state index contributed by atoms with van der Waals surface area (Å²) in [6.45, 7) is 3.92. The molecule has 2 aliphatic heterocycles. The summed E-state index contributed by atoms with van der Waals surface area (Å²) in [7, 11) is 3.45. The average Bonchev–Trinajstić information content (AvgIpc) is 3.40. The Hall–Kier alpha value is -2.53. The highest BCUT2D eigenvalue weighted by Crippen LogP contribution is 2.42. The fraction of sp³-hybridized carbons (Fsp3) is 0.552. The Morgan fingerprint density at radius 3 is 2.06 bits per heavy atom. The Morgan fingerprint density at radius 2 is 1.53 bits per heavy atom. The van der Waals surface area contributed by atoms with Crippen molar-refractivity contribution in [2.24, 2.45) is 5.92 Å². The molecule has 5 heteroatoms. The largest absolute Gasteiger partial charge is 0.496 e. The number of piperidine rings is 1. The number of benzene rings is 2. The van der Waals surface area contributed by atoms with E-state index in [2.05, 4.69) is 40.1 Å². The monoisotopic (exact) mass is 462 g/mol. The number of carbonyl (C=O) groups excluding carboxylic acids is 1. The second-order valence-corrected chi connectivity index (χ2v) is 10.3. The number of ether oxygens (including phenoxy) is 2. The lowest BCUT2D eigenvalue weighted by molar-refractivity contribution is -0.134. The van der Waals surface area contributed by atoms with Crippen LogP contribution in [-0.4, -0.2) is 54.6 Å². The van der Waals surface area contributed by atoms with E-state index >= 15 is 0 Å². The summed E-state index contributed by atoms with van der Waals surface area (Å²) >= 11 is 0. The summed E-state index contributed by atoms with van der Waals surface area (Å²) < 4.78 is 11.3. The maximum Gasteiger partial charge on any atom is 0.222 e. The molecule has 34 heavy (non-hydrogen) atoms. The van der Waals surface area contributed by atoms with Crippen LogP contribution in [0.4, 0.5) is 0 Å². The van der Waals surface area contributed by atoms with Gasteiger partial charge in [-0.25, -0.2) is 0 Å². The summed E-state index contributed by atoms with van der Waals surface area (Å²) in [6.07, 6.45) is 7.23. The topological polar surface area (TPSA) is 42.0 Å². The Bertz CT molecular complexity index is 961. The molecule has 0 spiro atoms. The second-order valence-electron chi connectivity index (χ2n) is 10.3. The molecule has 5 nitrogen and oxygen atoms in total. The Kier molecular flexibility index (Phi) is 6.82. The molecule has 1 amide bonds. The van der Waals surface area contributed by atoms with Gasteiger partial charge in [0.2, 0.25) is 5.91 Å². The van der Waals surface area contributed by atoms with Crippen LogP contribution >= 0.6 is 0 Å². The molecule has 2 heterocycles. The average molecular weight is 463 g/mol. The maximum atomic E-state index is 13.2. The van der Waals surface area contributed by atoms with Crippen LogP contribution in [0.1, 0.15) is 55.7 Å². The minimum absolute atomic E-state index is 0.188. The van der Waals surface area contributed by atoms with Crippen molar-refractivity contribution in [2.45, 2.75) is 76.5 Å². The van der Waals surface area contributed by atoms with Crippen LogP contribution in [0, 0.1) is 5.92 Å². The van der Waals surface area contributed by atoms with E-state index in [1.807, 2.05) is 19.1 Å². The number of methoxy groups -OCH3 is 2. The van der Waals surface area contributed by atoms with Gasteiger partial charge in [0.05, 0.1) is 14.2 Å². The number of rotatable bonds is 8. The molecule has 5 rings (SSSR count). The van der Waals surface area contributed by atoms with Crippen LogP contribution in [0.25, 0.3) is 0 Å². The van der Waals surface area contributed by atoms with E-state index in [-0.39, 0.29) is 11.9 Å². The number of amides is 1. The molecule has 182 valence electrons. The van der Waals surface area contributed by atoms with E-state index in [9.17, 15) is 4.79 Å². The van der Waals surface area contributed by atoms with Crippen LogP contribution in [0.5, 0.6) is 11.5 Å². The van der Waals surface area contributed by atoms with Gasteiger partial charge in [0.1, 0.15) is 11.5 Å². The Balaban J connectivity index is 1.29. The van der Waals surface area contributed by atoms with Crippen molar-refractivity contribution in [3.05, 3.63) is 59.2 Å². The maximum absolute atomic E-state index is 13.2. The van der Waals surface area contributed by atoms with E-state index in [4.69, 9.17) is 9.47 Å². The first kappa shape index (κ1) is 23.2. The molecule has 2 aromatic rings. The number of hydrogen-bond donors (Lipinski definition) is 0. The van der Waals surface area contributed by atoms with Gasteiger partial charge in [-0.2, -0.15) is 0 Å². The molecule has 0 aromatic heterocycles. The third kappa shape index (κ3) is 4.43. The number of carbonyl (C=O) groups is 1. The van der Waals surface area contributed by atoms with Crippen LogP contribution in [0.3, 0.4) is 0 Å². The van der Waals surface area contributed by atoms with Gasteiger partial charge in [0, 0.05) is 48.8 Å². The fourth-order valence-electron chi connectivity index (χ4n) is 6.77. The van der Waals surface area contributed by atoms with E-state index < -0.39 is 0 Å². The zero-order chi connectivity index (χ0) is 23.7. The highest BCUT2D eigenvalue weighted by Gasteiger charge is 2.42. The quantitative estimate of drug-likeness (QED) is 0.562. The molecule has 2 saturated heterocycles. The third-order valence-corrected chi connectivity index (χ3v) is 8.37. The molecule has 2 unspecified atom stereocenters. The Morgan fingerprint density at radius 1 is 0.941 bits per heavy atom. The first-order chi connectivity index (χ1) is 16.6. The highest BCUT2D eigenvalue weighted by molar-refractivity contribution is 5.76. The lowest BCUT2D eigenvalue weighted by Crippen LogP contribution is -2.48. The van der Waals surface area contributed by atoms with Gasteiger partial charge in [0.25, 0.3) is 0 Å².